The van der Waals surface area contributed by atoms with Crippen molar-refractivity contribution in [1.82, 2.24) is 4.98 Å². The van der Waals surface area contributed by atoms with E-state index in [0.717, 1.165) is 0 Å². The second-order valence-electron chi connectivity index (χ2n) is 3.57. The number of hydrogen-bond donors (Lipinski definition) is 3. The number of hydrogen-bond acceptors (Lipinski definition) is 6. The molecule has 0 unspecified atom stereocenters. The second-order valence-corrected chi connectivity index (χ2v) is 3.57. The third-order valence-electron chi connectivity index (χ3n) is 2.36. The van der Waals surface area contributed by atoms with Crippen LogP contribution in [0.1, 0.15) is 5.69 Å². The molecule has 0 aliphatic heterocycles. The Morgan fingerprint density at radius 1 is 1.50 bits per heavy atom. The number of nitrogens with two attached hydrogens (primary N) is 1. The van der Waals surface area contributed by atoms with Crippen molar-refractivity contribution >= 4 is 11.7 Å². The number of anilines is 1. The van der Waals surface area contributed by atoms with Gasteiger partial charge in [-0.1, -0.05) is 11.2 Å². The third kappa shape index (κ3) is 3.86. The molecule has 4 N–H and O–H groups in total. The number of aromatic nitrogens is 1. The Labute approximate surface area is 105 Å². The molecule has 1 heterocycles. The Bertz CT molecular complexity index is 398. The molecule has 0 bridgehead atoms. The van der Waals surface area contributed by atoms with E-state index in [1.54, 1.807) is 25.3 Å². The van der Waals surface area contributed by atoms with Crippen molar-refractivity contribution < 1.29 is 15.1 Å². The number of nitrogens with zero attached hydrogens (tertiary/aromatic N) is 3. The number of amidine groups is 1. The largest absolute Gasteiger partial charge is 0.409 e. The first-order valence-corrected chi connectivity index (χ1v) is 5.52. The lowest BCUT2D eigenvalue weighted by atomic mass is 10.3. The number of ether oxygens (including phenoxy) is 1. The molecule has 0 saturated heterocycles. The summed E-state index contributed by atoms with van der Waals surface area (Å²) in [7, 11) is 1.61. The van der Waals surface area contributed by atoms with E-state index < -0.39 is 0 Å². The van der Waals surface area contributed by atoms with Crippen LogP contribution in [0.25, 0.3) is 0 Å². The maximum Gasteiger partial charge on any atom is 0.188 e. The molecule has 18 heavy (non-hydrogen) atoms. The Morgan fingerprint density at radius 2 is 2.28 bits per heavy atom. The predicted octanol–water partition coefficient (Wildman–Crippen LogP) is -0.379. The van der Waals surface area contributed by atoms with Gasteiger partial charge in [-0.25, -0.2) is 4.98 Å². The van der Waals surface area contributed by atoms with Crippen molar-refractivity contribution in [2.75, 3.05) is 38.3 Å². The third-order valence-corrected chi connectivity index (χ3v) is 2.36. The zero-order valence-corrected chi connectivity index (χ0v) is 10.3. The molecule has 7 nitrogen and oxygen atoms in total. The minimum atomic E-state index is -0.0486. The molecule has 7 heteroatoms. The Balaban J connectivity index is 2.90. The first-order valence-electron chi connectivity index (χ1n) is 5.52. The summed E-state index contributed by atoms with van der Waals surface area (Å²) in [4.78, 5) is 6.12. The second kappa shape index (κ2) is 7.46. The van der Waals surface area contributed by atoms with E-state index in [1.165, 1.54) is 0 Å². The van der Waals surface area contributed by atoms with Crippen LogP contribution in [0.5, 0.6) is 0 Å². The molecule has 0 fully saturated rings. The fourth-order valence-corrected chi connectivity index (χ4v) is 1.46. The van der Waals surface area contributed by atoms with Gasteiger partial charge in [-0.3, -0.25) is 0 Å². The van der Waals surface area contributed by atoms with Gasteiger partial charge in [0.1, 0.15) is 11.5 Å². The summed E-state index contributed by atoms with van der Waals surface area (Å²) >= 11 is 0. The van der Waals surface area contributed by atoms with Crippen molar-refractivity contribution in [1.29, 1.82) is 0 Å². The van der Waals surface area contributed by atoms with E-state index in [2.05, 4.69) is 10.1 Å². The fraction of sp³-hybridized carbons (Fsp3) is 0.455. The van der Waals surface area contributed by atoms with Gasteiger partial charge in [0.05, 0.1) is 13.2 Å². The van der Waals surface area contributed by atoms with Crippen LogP contribution in [0.3, 0.4) is 0 Å². The van der Waals surface area contributed by atoms with Gasteiger partial charge in [0.25, 0.3) is 0 Å². The number of oxime groups is 1. The van der Waals surface area contributed by atoms with Crippen molar-refractivity contribution in [2.24, 2.45) is 10.9 Å². The lowest BCUT2D eigenvalue weighted by Crippen LogP contribution is -2.31. The normalized spacial score (nSPS) is 11.6. The van der Waals surface area contributed by atoms with Crippen LogP contribution in [0.15, 0.2) is 23.4 Å². The van der Waals surface area contributed by atoms with Gasteiger partial charge in [0, 0.05) is 20.2 Å². The fourth-order valence-electron chi connectivity index (χ4n) is 1.46. The highest BCUT2D eigenvalue weighted by Crippen LogP contribution is 2.11. The summed E-state index contributed by atoms with van der Waals surface area (Å²) in [5.41, 5.74) is 5.87. The van der Waals surface area contributed by atoms with Gasteiger partial charge in [-0.2, -0.15) is 0 Å². The van der Waals surface area contributed by atoms with Crippen molar-refractivity contribution in [3.63, 3.8) is 0 Å². The molecule has 0 saturated carbocycles. The van der Waals surface area contributed by atoms with Crippen LogP contribution >= 0.6 is 0 Å². The number of rotatable bonds is 7. The monoisotopic (exact) mass is 254 g/mol. The van der Waals surface area contributed by atoms with E-state index in [1.807, 2.05) is 4.90 Å². The minimum absolute atomic E-state index is 0.0131. The first-order chi connectivity index (χ1) is 8.72. The van der Waals surface area contributed by atoms with Crippen LogP contribution < -0.4 is 10.6 Å². The first kappa shape index (κ1) is 14.2. The molecular formula is C11H18N4O3. The Morgan fingerprint density at radius 3 is 2.89 bits per heavy atom. The summed E-state index contributed by atoms with van der Waals surface area (Å²) in [6.07, 6.45) is 0. The summed E-state index contributed by atoms with van der Waals surface area (Å²) in [5.74, 6) is 0.595. The minimum Gasteiger partial charge on any atom is -0.409 e. The lowest BCUT2D eigenvalue weighted by Gasteiger charge is -2.22. The summed E-state index contributed by atoms with van der Waals surface area (Å²) in [6.45, 7) is 1.58. The van der Waals surface area contributed by atoms with E-state index >= 15 is 0 Å². The highest BCUT2D eigenvalue weighted by molar-refractivity contribution is 5.95. The van der Waals surface area contributed by atoms with Gasteiger partial charge < -0.3 is 25.7 Å². The lowest BCUT2D eigenvalue weighted by molar-refractivity contribution is 0.202. The summed E-state index contributed by atoms with van der Waals surface area (Å²) < 4.78 is 5.00. The molecular weight excluding hydrogens is 236 g/mol. The number of aliphatic hydroxyl groups is 1. The standard InChI is InChI=1S/C11H18N4O3/c1-18-8-6-15(5-7-16)10-4-2-3-9(13-10)11(12)14-17/h2-4,16-17H,5-8H2,1H3,(H2,12,14). The van der Waals surface area contributed by atoms with Crippen LogP contribution in [-0.4, -0.2) is 54.5 Å². The average Bonchev–Trinajstić information content (AvgIpc) is 2.42. The summed E-state index contributed by atoms with van der Waals surface area (Å²) in [6, 6.07) is 5.19. The van der Waals surface area contributed by atoms with Crippen LogP contribution in [-0.2, 0) is 4.74 Å². The zero-order valence-electron chi connectivity index (χ0n) is 10.3. The van der Waals surface area contributed by atoms with E-state index in [0.29, 0.717) is 31.2 Å². The predicted molar refractivity (Wildman–Crippen MR) is 67.9 cm³/mol. The average molecular weight is 254 g/mol. The van der Waals surface area contributed by atoms with Gasteiger partial charge >= 0.3 is 0 Å². The molecule has 0 radical (unpaired) electrons. The van der Waals surface area contributed by atoms with Crippen LogP contribution in [0.4, 0.5) is 5.82 Å². The number of aliphatic hydroxyl groups excluding tert-OH is 1. The molecule has 1 aromatic heterocycles. The highest BCUT2D eigenvalue weighted by Gasteiger charge is 2.09. The van der Waals surface area contributed by atoms with Crippen molar-refractivity contribution in [3.8, 4) is 0 Å². The Hall–Kier alpha value is -1.86. The SMILES string of the molecule is COCCN(CCO)c1cccc(/C(N)=N/O)n1. The van der Waals surface area contributed by atoms with Gasteiger partial charge in [-0.05, 0) is 12.1 Å². The summed E-state index contributed by atoms with van der Waals surface area (Å²) in [5, 5.41) is 20.5. The quantitative estimate of drug-likeness (QED) is 0.265. The van der Waals surface area contributed by atoms with Gasteiger partial charge in [0.2, 0.25) is 0 Å². The molecule has 0 aromatic carbocycles. The molecule has 0 amide bonds. The zero-order chi connectivity index (χ0) is 13.4. The Kier molecular flexibility index (Phi) is 5.89. The highest BCUT2D eigenvalue weighted by atomic mass is 16.5. The van der Waals surface area contributed by atoms with Gasteiger partial charge in [0.15, 0.2) is 5.84 Å². The molecule has 1 rings (SSSR count). The maximum absolute atomic E-state index is 9.02. The smallest absolute Gasteiger partial charge is 0.188 e. The molecule has 1 aromatic rings. The molecule has 0 spiro atoms. The van der Waals surface area contributed by atoms with Crippen molar-refractivity contribution in [2.45, 2.75) is 0 Å². The topological polar surface area (TPSA) is 104 Å². The van der Waals surface area contributed by atoms with E-state index in [4.69, 9.17) is 20.8 Å². The molecule has 0 aliphatic rings. The van der Waals surface area contributed by atoms with E-state index in [9.17, 15) is 0 Å². The van der Waals surface area contributed by atoms with Gasteiger partial charge in [-0.15, -0.1) is 0 Å². The number of pyridine rings is 1. The van der Waals surface area contributed by atoms with Crippen LogP contribution in [0, 0.1) is 0 Å². The molecule has 0 atom stereocenters. The maximum atomic E-state index is 9.02. The van der Waals surface area contributed by atoms with Crippen LogP contribution in [0.2, 0.25) is 0 Å². The van der Waals surface area contributed by atoms with E-state index in [-0.39, 0.29) is 12.4 Å². The molecule has 0 aliphatic carbocycles. The van der Waals surface area contributed by atoms with Crippen molar-refractivity contribution in [3.05, 3.63) is 23.9 Å². The molecule has 100 valence electrons. The number of methoxy groups -OCH3 is 1.